The second-order valence-electron chi connectivity index (χ2n) is 10.2. The van der Waals surface area contributed by atoms with E-state index in [1.165, 1.54) is 17.0 Å². The number of benzene rings is 1. The van der Waals surface area contributed by atoms with Gasteiger partial charge in [0.2, 0.25) is 0 Å². The maximum Gasteiger partial charge on any atom is 0.410 e. The minimum absolute atomic E-state index is 0.0281. The van der Waals surface area contributed by atoms with Gasteiger partial charge in [0.25, 0.3) is 0 Å². The molecule has 2 N–H and O–H groups in total. The summed E-state index contributed by atoms with van der Waals surface area (Å²) in [5, 5.41) is 4.53. The van der Waals surface area contributed by atoms with E-state index in [9.17, 15) is 13.6 Å². The topological polar surface area (TPSA) is 95.5 Å². The fourth-order valence-corrected chi connectivity index (χ4v) is 4.92. The van der Waals surface area contributed by atoms with E-state index in [0.29, 0.717) is 16.7 Å². The van der Waals surface area contributed by atoms with Crippen LogP contribution >= 0.6 is 23.2 Å². The molecular formula is C26H29Cl2F2N5O3. The van der Waals surface area contributed by atoms with Crippen LogP contribution in [0.15, 0.2) is 36.8 Å². The normalized spacial score (nSPS) is 18.8. The number of hydrogen-bond acceptors (Lipinski definition) is 6. The molecule has 2 unspecified atom stereocenters. The lowest BCUT2D eigenvalue weighted by molar-refractivity contribution is 0.00624. The van der Waals surface area contributed by atoms with Gasteiger partial charge in [0.15, 0.2) is 11.6 Å². The monoisotopic (exact) mass is 567 g/mol. The molecule has 0 spiro atoms. The van der Waals surface area contributed by atoms with Crippen molar-refractivity contribution in [2.75, 3.05) is 18.8 Å². The molecule has 1 aliphatic heterocycles. The summed E-state index contributed by atoms with van der Waals surface area (Å²) >= 11 is 12.3. The van der Waals surface area contributed by atoms with E-state index in [4.69, 9.17) is 38.4 Å². The van der Waals surface area contributed by atoms with Gasteiger partial charge in [-0.1, -0.05) is 23.2 Å². The van der Waals surface area contributed by atoms with Crippen molar-refractivity contribution in [1.29, 1.82) is 0 Å². The van der Waals surface area contributed by atoms with Crippen LogP contribution in [0.5, 0.6) is 5.75 Å². The number of nitrogen functional groups attached to an aromatic ring is 1. The average Bonchev–Trinajstić information content (AvgIpc) is 3.32. The van der Waals surface area contributed by atoms with Crippen molar-refractivity contribution in [3.63, 3.8) is 0 Å². The Bertz CT molecular complexity index is 1330. The van der Waals surface area contributed by atoms with Gasteiger partial charge in [0, 0.05) is 47.1 Å². The van der Waals surface area contributed by atoms with Crippen molar-refractivity contribution in [3.8, 4) is 16.9 Å². The number of amides is 1. The third kappa shape index (κ3) is 6.30. The first kappa shape index (κ1) is 27.9. The number of aromatic nitrogens is 3. The standard InChI is InChI=1S/C26H29Cl2F2N5O3/c1-14(22-19(27)5-6-20(30)23(22)28)37-21-7-15(9-32-24(21)31)16-10-33-35(11-16)18-8-17(29)12-34(13-18)25(36)38-26(2,3)4/h5-7,9-11,14,17-18H,8,12-13H2,1-4H3,(H2,31,32)/t14-,17?,18?/m1/s1. The van der Waals surface area contributed by atoms with Crippen LogP contribution in [0.3, 0.4) is 0 Å². The Morgan fingerprint density at radius 3 is 2.66 bits per heavy atom. The van der Waals surface area contributed by atoms with Gasteiger partial charge in [0.1, 0.15) is 23.7 Å². The lowest BCUT2D eigenvalue weighted by Crippen LogP contribution is -2.47. The highest BCUT2D eigenvalue weighted by molar-refractivity contribution is 6.36. The smallest absolute Gasteiger partial charge is 0.410 e. The number of piperidine rings is 1. The predicted octanol–water partition coefficient (Wildman–Crippen LogP) is 6.63. The Morgan fingerprint density at radius 1 is 1.21 bits per heavy atom. The lowest BCUT2D eigenvalue weighted by Gasteiger charge is -2.35. The Balaban J connectivity index is 1.53. The third-order valence-corrected chi connectivity index (χ3v) is 6.72. The highest BCUT2D eigenvalue weighted by Crippen LogP contribution is 2.37. The number of rotatable bonds is 5. The van der Waals surface area contributed by atoms with Crippen LogP contribution in [0.4, 0.5) is 19.4 Å². The van der Waals surface area contributed by atoms with Crippen molar-refractivity contribution in [1.82, 2.24) is 19.7 Å². The number of anilines is 1. The quantitative estimate of drug-likeness (QED) is 0.347. The van der Waals surface area contributed by atoms with Gasteiger partial charge in [-0.15, -0.1) is 0 Å². The van der Waals surface area contributed by atoms with Gasteiger partial charge in [-0.3, -0.25) is 4.68 Å². The Morgan fingerprint density at radius 2 is 1.95 bits per heavy atom. The maximum absolute atomic E-state index is 14.6. The summed E-state index contributed by atoms with van der Waals surface area (Å²) in [6.07, 6.45) is 2.63. The Labute approximate surface area is 229 Å². The van der Waals surface area contributed by atoms with E-state index < -0.39 is 29.8 Å². The zero-order chi connectivity index (χ0) is 27.8. The van der Waals surface area contributed by atoms with Crippen LogP contribution in [0.1, 0.15) is 51.8 Å². The van der Waals surface area contributed by atoms with Crippen LogP contribution in [-0.2, 0) is 4.74 Å². The number of halogens is 4. The second kappa shape index (κ2) is 10.9. The van der Waals surface area contributed by atoms with E-state index in [-0.39, 0.29) is 47.2 Å². The molecule has 1 aromatic carbocycles. The molecule has 0 bridgehead atoms. The molecule has 4 rings (SSSR count). The first-order chi connectivity index (χ1) is 17.8. The molecule has 0 radical (unpaired) electrons. The van der Waals surface area contributed by atoms with Crippen LogP contribution in [0, 0.1) is 5.82 Å². The van der Waals surface area contributed by atoms with Crippen molar-refractivity contribution >= 4 is 35.1 Å². The lowest BCUT2D eigenvalue weighted by atomic mass is 10.0. The number of carbonyl (C=O) groups excluding carboxylic acids is 1. The highest BCUT2D eigenvalue weighted by atomic mass is 35.5. The second-order valence-corrected chi connectivity index (χ2v) is 11.0. The summed E-state index contributed by atoms with van der Waals surface area (Å²) in [5.74, 6) is -0.244. The van der Waals surface area contributed by atoms with E-state index in [0.717, 1.165) is 0 Å². The molecule has 1 saturated heterocycles. The molecule has 3 atom stereocenters. The number of hydrogen-bond donors (Lipinski definition) is 1. The first-order valence-corrected chi connectivity index (χ1v) is 12.8. The molecule has 0 aliphatic carbocycles. The summed E-state index contributed by atoms with van der Waals surface area (Å²) in [6, 6.07) is 3.88. The maximum atomic E-state index is 14.6. The van der Waals surface area contributed by atoms with Gasteiger partial charge in [-0.25, -0.2) is 18.6 Å². The highest BCUT2D eigenvalue weighted by Gasteiger charge is 2.34. The SMILES string of the molecule is C[C@@H](Oc1cc(-c2cnn(C3CC(F)CN(C(=O)OC(C)(C)C)C3)c2)cnc1N)c1c(Cl)ccc(F)c1Cl. The van der Waals surface area contributed by atoms with Gasteiger partial charge < -0.3 is 20.1 Å². The molecule has 1 amide bonds. The molecule has 3 aromatic rings. The number of nitrogens with two attached hydrogens (primary N) is 1. The molecule has 1 aliphatic rings. The first-order valence-electron chi connectivity index (χ1n) is 12.0. The molecule has 1 fully saturated rings. The van der Waals surface area contributed by atoms with E-state index in [2.05, 4.69) is 10.1 Å². The van der Waals surface area contributed by atoms with E-state index >= 15 is 0 Å². The molecule has 12 heteroatoms. The molecule has 0 saturated carbocycles. The number of carbonyl (C=O) groups is 1. The summed E-state index contributed by atoms with van der Waals surface area (Å²) < 4.78 is 41.6. The fourth-order valence-electron chi connectivity index (χ4n) is 4.24. The fraction of sp³-hybridized carbons (Fsp3) is 0.423. The third-order valence-electron chi connectivity index (χ3n) is 6.01. The zero-order valence-corrected chi connectivity index (χ0v) is 22.9. The van der Waals surface area contributed by atoms with E-state index in [1.54, 1.807) is 57.0 Å². The van der Waals surface area contributed by atoms with Gasteiger partial charge in [0.05, 0.1) is 23.8 Å². The largest absolute Gasteiger partial charge is 0.482 e. The molecule has 204 valence electrons. The summed E-state index contributed by atoms with van der Waals surface area (Å²) in [4.78, 5) is 18.1. The molecular weight excluding hydrogens is 539 g/mol. The van der Waals surface area contributed by atoms with Crippen molar-refractivity contribution in [3.05, 3.63) is 58.2 Å². The number of nitrogens with zero attached hydrogens (tertiary/aromatic N) is 4. The molecule has 8 nitrogen and oxygen atoms in total. The number of pyridine rings is 1. The molecule has 38 heavy (non-hydrogen) atoms. The summed E-state index contributed by atoms with van der Waals surface area (Å²) in [5.41, 5.74) is 6.97. The summed E-state index contributed by atoms with van der Waals surface area (Å²) in [7, 11) is 0. The number of ether oxygens (including phenoxy) is 2. The van der Waals surface area contributed by atoms with Gasteiger partial charge >= 0.3 is 6.09 Å². The van der Waals surface area contributed by atoms with Crippen molar-refractivity contribution in [2.24, 2.45) is 0 Å². The van der Waals surface area contributed by atoms with Crippen molar-refractivity contribution < 1.29 is 23.0 Å². The summed E-state index contributed by atoms with van der Waals surface area (Å²) in [6.45, 7) is 7.19. The van der Waals surface area contributed by atoms with Crippen LogP contribution in [0.2, 0.25) is 10.0 Å². The van der Waals surface area contributed by atoms with Gasteiger partial charge in [-0.2, -0.15) is 5.10 Å². The van der Waals surface area contributed by atoms with Crippen LogP contribution in [-0.4, -0.2) is 50.6 Å². The average molecular weight is 568 g/mol. The minimum Gasteiger partial charge on any atom is -0.482 e. The zero-order valence-electron chi connectivity index (χ0n) is 21.4. The predicted molar refractivity (Wildman–Crippen MR) is 142 cm³/mol. The Hall–Kier alpha value is -3.11. The van der Waals surface area contributed by atoms with Crippen molar-refractivity contribution in [2.45, 2.75) is 58.0 Å². The molecule has 3 heterocycles. The van der Waals surface area contributed by atoms with Crippen LogP contribution in [0.25, 0.3) is 11.1 Å². The van der Waals surface area contributed by atoms with Crippen LogP contribution < -0.4 is 10.5 Å². The van der Waals surface area contributed by atoms with Gasteiger partial charge in [-0.05, 0) is 45.9 Å². The number of alkyl halides is 1. The Kier molecular flexibility index (Phi) is 8.04. The molecule has 2 aromatic heterocycles. The van der Waals surface area contributed by atoms with E-state index in [1.807, 2.05) is 0 Å². The minimum atomic E-state index is -1.21. The number of likely N-dealkylation sites (tertiary alicyclic amines) is 1.